The van der Waals surface area contributed by atoms with E-state index in [1.807, 2.05) is 6.92 Å². The number of rotatable bonds is 3. The van der Waals surface area contributed by atoms with Crippen LogP contribution in [0.2, 0.25) is 0 Å². The standard InChI is InChI=1S/C11H12N4O2/c1-7-5-9(11(17-2)12-6-7)14-10(16)8-3-4-13-15-8/h3-6H,1-2H3,(H,13,15)(H,14,16). The van der Waals surface area contributed by atoms with Crippen LogP contribution in [0.15, 0.2) is 24.5 Å². The van der Waals surface area contributed by atoms with Crippen LogP contribution in [-0.4, -0.2) is 28.2 Å². The molecular weight excluding hydrogens is 220 g/mol. The molecule has 0 radical (unpaired) electrons. The van der Waals surface area contributed by atoms with Gasteiger partial charge in [-0.2, -0.15) is 5.10 Å². The number of ether oxygens (including phenoxy) is 1. The van der Waals surface area contributed by atoms with Crippen LogP contribution in [-0.2, 0) is 0 Å². The number of nitrogens with zero attached hydrogens (tertiary/aromatic N) is 2. The molecule has 0 spiro atoms. The normalized spacial score (nSPS) is 10.0. The van der Waals surface area contributed by atoms with Gasteiger partial charge in [0.25, 0.3) is 5.91 Å². The maximum absolute atomic E-state index is 11.8. The summed E-state index contributed by atoms with van der Waals surface area (Å²) in [5, 5.41) is 9.01. The molecule has 0 atom stereocenters. The summed E-state index contributed by atoms with van der Waals surface area (Å²) in [6.45, 7) is 1.89. The summed E-state index contributed by atoms with van der Waals surface area (Å²) < 4.78 is 5.07. The Morgan fingerprint density at radius 3 is 3.00 bits per heavy atom. The number of H-pyrrole nitrogens is 1. The van der Waals surface area contributed by atoms with Crippen molar-refractivity contribution in [1.29, 1.82) is 0 Å². The highest BCUT2D eigenvalue weighted by atomic mass is 16.5. The van der Waals surface area contributed by atoms with Gasteiger partial charge in [-0.15, -0.1) is 0 Å². The first-order valence-corrected chi connectivity index (χ1v) is 5.02. The van der Waals surface area contributed by atoms with E-state index in [4.69, 9.17) is 4.74 Å². The highest BCUT2D eigenvalue weighted by molar-refractivity contribution is 6.03. The van der Waals surface area contributed by atoms with Crippen LogP contribution in [0.1, 0.15) is 16.1 Å². The molecule has 2 N–H and O–H groups in total. The molecule has 2 aromatic rings. The van der Waals surface area contributed by atoms with Crippen molar-refractivity contribution < 1.29 is 9.53 Å². The molecule has 6 heteroatoms. The highest BCUT2D eigenvalue weighted by Gasteiger charge is 2.11. The summed E-state index contributed by atoms with van der Waals surface area (Å²) >= 11 is 0. The van der Waals surface area contributed by atoms with E-state index in [9.17, 15) is 4.79 Å². The van der Waals surface area contributed by atoms with Crippen molar-refractivity contribution >= 4 is 11.6 Å². The van der Waals surface area contributed by atoms with Crippen LogP contribution in [0.5, 0.6) is 5.88 Å². The number of hydrogen-bond donors (Lipinski definition) is 2. The smallest absolute Gasteiger partial charge is 0.273 e. The minimum absolute atomic E-state index is 0.284. The first-order chi connectivity index (χ1) is 8.20. The van der Waals surface area contributed by atoms with E-state index in [1.54, 1.807) is 18.3 Å². The molecule has 2 heterocycles. The summed E-state index contributed by atoms with van der Waals surface area (Å²) in [6, 6.07) is 3.38. The first-order valence-electron chi connectivity index (χ1n) is 5.02. The molecule has 0 fully saturated rings. The molecule has 0 saturated carbocycles. The molecule has 1 amide bonds. The molecule has 0 aliphatic rings. The van der Waals surface area contributed by atoms with Crippen LogP contribution in [0.3, 0.4) is 0 Å². The number of carbonyl (C=O) groups is 1. The number of aromatic nitrogens is 3. The van der Waals surface area contributed by atoms with Gasteiger partial charge in [-0.25, -0.2) is 4.98 Å². The molecule has 0 saturated heterocycles. The second-order valence-corrected chi connectivity index (χ2v) is 3.49. The molecule has 0 bridgehead atoms. The lowest BCUT2D eigenvalue weighted by atomic mass is 10.3. The van der Waals surface area contributed by atoms with Crippen molar-refractivity contribution in [2.75, 3.05) is 12.4 Å². The third-order valence-corrected chi connectivity index (χ3v) is 2.17. The SMILES string of the molecule is COc1ncc(C)cc1NC(=O)c1ccn[nH]1. The molecule has 0 aliphatic heterocycles. The van der Waals surface area contributed by atoms with E-state index in [0.717, 1.165) is 5.56 Å². The zero-order valence-corrected chi connectivity index (χ0v) is 9.52. The van der Waals surface area contributed by atoms with Gasteiger partial charge >= 0.3 is 0 Å². The Bertz CT molecular complexity index is 522. The van der Waals surface area contributed by atoms with E-state index in [1.165, 1.54) is 13.3 Å². The predicted octanol–water partition coefficient (Wildman–Crippen LogP) is 1.37. The number of carbonyl (C=O) groups excluding carboxylic acids is 1. The number of nitrogens with one attached hydrogen (secondary N) is 2. The molecule has 0 aliphatic carbocycles. The molecule has 88 valence electrons. The molecule has 6 nitrogen and oxygen atoms in total. The van der Waals surface area contributed by atoms with Crippen molar-refractivity contribution in [3.05, 3.63) is 35.8 Å². The quantitative estimate of drug-likeness (QED) is 0.837. The Hall–Kier alpha value is -2.37. The Morgan fingerprint density at radius 2 is 2.35 bits per heavy atom. The minimum Gasteiger partial charge on any atom is -0.480 e. The Labute approximate surface area is 98.0 Å². The average molecular weight is 232 g/mol. The summed E-state index contributed by atoms with van der Waals surface area (Å²) in [6.07, 6.45) is 3.19. The zero-order chi connectivity index (χ0) is 12.3. The van der Waals surface area contributed by atoms with Crippen LogP contribution in [0.4, 0.5) is 5.69 Å². The fourth-order valence-electron chi connectivity index (χ4n) is 1.38. The van der Waals surface area contributed by atoms with E-state index in [0.29, 0.717) is 17.3 Å². The Kier molecular flexibility index (Phi) is 3.04. The Morgan fingerprint density at radius 1 is 1.53 bits per heavy atom. The summed E-state index contributed by atoms with van der Waals surface area (Å²) in [4.78, 5) is 15.9. The van der Waals surface area contributed by atoms with Gasteiger partial charge in [0.05, 0.1) is 7.11 Å². The molecule has 2 aromatic heterocycles. The zero-order valence-electron chi connectivity index (χ0n) is 9.52. The third-order valence-electron chi connectivity index (χ3n) is 2.17. The second kappa shape index (κ2) is 4.65. The molecule has 0 unspecified atom stereocenters. The van der Waals surface area contributed by atoms with Gasteiger partial charge in [-0.1, -0.05) is 0 Å². The van der Waals surface area contributed by atoms with E-state index in [-0.39, 0.29) is 5.91 Å². The lowest BCUT2D eigenvalue weighted by Gasteiger charge is -2.08. The van der Waals surface area contributed by atoms with Gasteiger partial charge in [0, 0.05) is 12.4 Å². The molecule has 2 rings (SSSR count). The van der Waals surface area contributed by atoms with E-state index < -0.39 is 0 Å². The van der Waals surface area contributed by atoms with Gasteiger partial charge in [0.1, 0.15) is 11.4 Å². The van der Waals surface area contributed by atoms with Gasteiger partial charge in [0.15, 0.2) is 0 Å². The summed E-state index contributed by atoms with van der Waals surface area (Å²) in [7, 11) is 1.50. The number of pyridine rings is 1. The number of hydrogen-bond acceptors (Lipinski definition) is 4. The minimum atomic E-state index is -0.284. The largest absolute Gasteiger partial charge is 0.480 e. The lowest BCUT2D eigenvalue weighted by Crippen LogP contribution is -2.13. The molecular formula is C11H12N4O2. The van der Waals surface area contributed by atoms with Crippen molar-refractivity contribution in [2.45, 2.75) is 6.92 Å². The van der Waals surface area contributed by atoms with Crippen LogP contribution < -0.4 is 10.1 Å². The van der Waals surface area contributed by atoms with Crippen molar-refractivity contribution in [3.63, 3.8) is 0 Å². The summed E-state index contributed by atoms with van der Waals surface area (Å²) in [5.74, 6) is 0.0941. The maximum Gasteiger partial charge on any atom is 0.273 e. The average Bonchev–Trinajstić information content (AvgIpc) is 2.83. The highest BCUT2D eigenvalue weighted by Crippen LogP contribution is 2.22. The van der Waals surface area contributed by atoms with Gasteiger partial charge < -0.3 is 10.1 Å². The van der Waals surface area contributed by atoms with Crippen molar-refractivity contribution in [2.24, 2.45) is 0 Å². The number of amides is 1. The van der Waals surface area contributed by atoms with Crippen molar-refractivity contribution in [1.82, 2.24) is 15.2 Å². The molecule has 0 aromatic carbocycles. The van der Waals surface area contributed by atoms with E-state index >= 15 is 0 Å². The van der Waals surface area contributed by atoms with Gasteiger partial charge in [-0.3, -0.25) is 9.89 Å². The first kappa shape index (κ1) is 11.1. The monoisotopic (exact) mass is 232 g/mol. The maximum atomic E-state index is 11.8. The van der Waals surface area contributed by atoms with Crippen LogP contribution in [0.25, 0.3) is 0 Å². The van der Waals surface area contributed by atoms with Gasteiger partial charge in [-0.05, 0) is 24.6 Å². The number of methoxy groups -OCH3 is 1. The molecule has 17 heavy (non-hydrogen) atoms. The second-order valence-electron chi connectivity index (χ2n) is 3.49. The van der Waals surface area contributed by atoms with E-state index in [2.05, 4.69) is 20.5 Å². The van der Waals surface area contributed by atoms with Crippen LogP contribution in [0, 0.1) is 6.92 Å². The topological polar surface area (TPSA) is 79.9 Å². The number of anilines is 1. The summed E-state index contributed by atoms with van der Waals surface area (Å²) in [5.41, 5.74) is 1.85. The number of aromatic amines is 1. The van der Waals surface area contributed by atoms with Gasteiger partial charge in [0.2, 0.25) is 5.88 Å². The number of aryl methyl sites for hydroxylation is 1. The van der Waals surface area contributed by atoms with Crippen LogP contribution >= 0.6 is 0 Å². The third kappa shape index (κ3) is 2.41. The predicted molar refractivity (Wildman–Crippen MR) is 62.1 cm³/mol. The fraction of sp³-hybridized carbons (Fsp3) is 0.182. The lowest BCUT2D eigenvalue weighted by molar-refractivity contribution is 0.102. The Balaban J connectivity index is 2.23. The fourth-order valence-corrected chi connectivity index (χ4v) is 1.38. The van der Waals surface area contributed by atoms with Crippen molar-refractivity contribution in [3.8, 4) is 5.88 Å².